The molecule has 0 atom stereocenters. The first-order valence-electron chi connectivity index (χ1n) is 8.16. The molecule has 1 aliphatic rings. The van der Waals surface area contributed by atoms with Crippen molar-refractivity contribution in [1.82, 2.24) is 4.90 Å². The van der Waals surface area contributed by atoms with Crippen LogP contribution in [0.5, 0.6) is 0 Å². The van der Waals surface area contributed by atoms with Crippen molar-refractivity contribution in [1.29, 1.82) is 0 Å². The van der Waals surface area contributed by atoms with E-state index in [1.165, 1.54) is 0 Å². The molecule has 0 aromatic heterocycles. The van der Waals surface area contributed by atoms with Crippen molar-refractivity contribution in [2.24, 2.45) is 0 Å². The van der Waals surface area contributed by atoms with Gasteiger partial charge < -0.3 is 4.90 Å². The highest BCUT2D eigenvalue weighted by Crippen LogP contribution is 2.27. The van der Waals surface area contributed by atoms with Crippen molar-refractivity contribution < 1.29 is 17.6 Å². The smallest absolute Gasteiger partial charge is 0.261 e. The fourth-order valence-corrected chi connectivity index (χ4v) is 4.33. The number of carbonyl (C=O) groups is 1. The molecule has 2 aromatic carbocycles. The lowest BCUT2D eigenvalue weighted by Crippen LogP contribution is -2.29. The van der Waals surface area contributed by atoms with Crippen LogP contribution >= 0.6 is 11.6 Å². The maximum absolute atomic E-state index is 13.3. The summed E-state index contributed by atoms with van der Waals surface area (Å²) in [4.78, 5) is 14.3. The summed E-state index contributed by atoms with van der Waals surface area (Å²) in [7, 11) is -4.03. The monoisotopic (exact) mass is 396 g/mol. The molecule has 1 aliphatic heterocycles. The third kappa shape index (κ3) is 3.68. The first-order valence-corrected chi connectivity index (χ1v) is 10.0. The van der Waals surface area contributed by atoms with E-state index in [-0.39, 0.29) is 21.5 Å². The summed E-state index contributed by atoms with van der Waals surface area (Å²) in [6, 6.07) is 8.19. The molecule has 26 heavy (non-hydrogen) atoms. The van der Waals surface area contributed by atoms with E-state index in [2.05, 4.69) is 4.72 Å². The summed E-state index contributed by atoms with van der Waals surface area (Å²) >= 11 is 5.69. The van der Waals surface area contributed by atoms with Crippen molar-refractivity contribution in [3.63, 3.8) is 0 Å². The molecule has 1 N–H and O–H groups in total. The second-order valence-electron chi connectivity index (χ2n) is 6.18. The van der Waals surface area contributed by atoms with Gasteiger partial charge in [0.2, 0.25) is 0 Å². The number of nitrogens with zero attached hydrogens (tertiary/aromatic N) is 1. The van der Waals surface area contributed by atoms with Gasteiger partial charge in [-0.3, -0.25) is 9.52 Å². The van der Waals surface area contributed by atoms with Gasteiger partial charge in [0.25, 0.3) is 15.9 Å². The Labute approximate surface area is 156 Å². The van der Waals surface area contributed by atoms with E-state index in [0.717, 1.165) is 31.0 Å². The van der Waals surface area contributed by atoms with E-state index >= 15 is 0 Å². The molecule has 0 bridgehead atoms. The van der Waals surface area contributed by atoms with Crippen LogP contribution in [0.15, 0.2) is 41.3 Å². The Morgan fingerprint density at radius 2 is 1.88 bits per heavy atom. The second-order valence-corrected chi connectivity index (χ2v) is 8.27. The molecule has 1 saturated heterocycles. The largest absolute Gasteiger partial charge is 0.339 e. The van der Waals surface area contributed by atoms with Gasteiger partial charge in [0.05, 0.1) is 21.2 Å². The normalized spacial score (nSPS) is 14.5. The molecule has 3 rings (SSSR count). The number of amides is 1. The zero-order chi connectivity index (χ0) is 18.9. The fraction of sp³-hybridized carbons (Fsp3) is 0.278. The fourth-order valence-electron chi connectivity index (χ4n) is 2.91. The molecule has 5 nitrogen and oxygen atoms in total. The van der Waals surface area contributed by atoms with Crippen LogP contribution in [0.1, 0.15) is 28.8 Å². The number of benzene rings is 2. The summed E-state index contributed by atoms with van der Waals surface area (Å²) in [5, 5.41) is -0.286. The lowest BCUT2D eigenvalue weighted by atomic mass is 10.1. The van der Waals surface area contributed by atoms with Crippen LogP contribution < -0.4 is 4.72 Å². The maximum Gasteiger partial charge on any atom is 0.261 e. The van der Waals surface area contributed by atoms with Crippen molar-refractivity contribution in [3.05, 3.63) is 58.4 Å². The predicted molar refractivity (Wildman–Crippen MR) is 98.5 cm³/mol. The van der Waals surface area contributed by atoms with E-state index in [9.17, 15) is 17.6 Å². The van der Waals surface area contributed by atoms with Gasteiger partial charge >= 0.3 is 0 Å². The predicted octanol–water partition coefficient (Wildman–Crippen LogP) is 3.82. The van der Waals surface area contributed by atoms with Gasteiger partial charge in [0.1, 0.15) is 5.82 Å². The van der Waals surface area contributed by atoms with E-state index in [4.69, 9.17) is 11.6 Å². The summed E-state index contributed by atoms with van der Waals surface area (Å²) in [5.41, 5.74) is 1.14. The summed E-state index contributed by atoms with van der Waals surface area (Å²) < 4.78 is 41.2. The lowest BCUT2D eigenvalue weighted by Gasteiger charge is -2.20. The third-order valence-corrected chi connectivity index (χ3v) is 5.97. The highest BCUT2D eigenvalue weighted by molar-refractivity contribution is 7.92. The number of halogens is 2. The van der Waals surface area contributed by atoms with Gasteiger partial charge in [-0.15, -0.1) is 0 Å². The van der Waals surface area contributed by atoms with E-state index in [1.54, 1.807) is 30.0 Å². The molecule has 2 aromatic rings. The number of hydrogen-bond donors (Lipinski definition) is 1. The van der Waals surface area contributed by atoms with Crippen molar-refractivity contribution in [2.45, 2.75) is 24.7 Å². The van der Waals surface area contributed by atoms with Crippen LogP contribution in [0.2, 0.25) is 5.02 Å². The van der Waals surface area contributed by atoms with Crippen molar-refractivity contribution in [2.75, 3.05) is 17.8 Å². The van der Waals surface area contributed by atoms with E-state index in [0.29, 0.717) is 24.2 Å². The summed E-state index contributed by atoms with van der Waals surface area (Å²) in [6.45, 7) is 3.04. The van der Waals surface area contributed by atoms with Crippen LogP contribution in [0.4, 0.5) is 10.1 Å². The Kier molecular flexibility index (Phi) is 5.20. The minimum atomic E-state index is -4.03. The SMILES string of the molecule is Cc1cccc(C(=O)N2CCCC2)c1NS(=O)(=O)c1ccc(F)c(Cl)c1. The number of anilines is 1. The van der Waals surface area contributed by atoms with Gasteiger partial charge in [0.15, 0.2) is 0 Å². The topological polar surface area (TPSA) is 66.5 Å². The Balaban J connectivity index is 1.98. The number of para-hydroxylation sites is 1. The minimum absolute atomic E-state index is 0.174. The minimum Gasteiger partial charge on any atom is -0.339 e. The molecule has 1 heterocycles. The lowest BCUT2D eigenvalue weighted by molar-refractivity contribution is 0.0794. The van der Waals surface area contributed by atoms with Gasteiger partial charge in [-0.2, -0.15) is 0 Å². The zero-order valence-electron chi connectivity index (χ0n) is 14.1. The van der Waals surface area contributed by atoms with E-state index in [1.807, 2.05) is 0 Å². The molecule has 8 heteroatoms. The van der Waals surface area contributed by atoms with Gasteiger partial charge in [-0.1, -0.05) is 23.7 Å². The van der Waals surface area contributed by atoms with Crippen molar-refractivity contribution >= 4 is 33.2 Å². The Hall–Kier alpha value is -2.12. The Morgan fingerprint density at radius 1 is 1.19 bits per heavy atom. The second kappa shape index (κ2) is 7.25. The van der Waals surface area contributed by atoms with Crippen LogP contribution in [-0.4, -0.2) is 32.3 Å². The number of hydrogen-bond acceptors (Lipinski definition) is 3. The summed E-state index contributed by atoms with van der Waals surface area (Å²) in [6.07, 6.45) is 1.87. The number of likely N-dealkylation sites (tertiary alicyclic amines) is 1. The van der Waals surface area contributed by atoms with Crippen molar-refractivity contribution in [3.8, 4) is 0 Å². The summed E-state index contributed by atoms with van der Waals surface area (Å²) in [5.74, 6) is -0.910. The van der Waals surface area contributed by atoms with Crippen LogP contribution in [0.3, 0.4) is 0 Å². The number of aryl methyl sites for hydroxylation is 1. The molecule has 1 fully saturated rings. The molecular weight excluding hydrogens is 379 g/mol. The number of sulfonamides is 1. The average molecular weight is 397 g/mol. The molecule has 0 spiro atoms. The number of rotatable bonds is 4. The highest BCUT2D eigenvalue weighted by atomic mass is 35.5. The van der Waals surface area contributed by atoms with Gasteiger partial charge in [-0.25, -0.2) is 12.8 Å². The molecular formula is C18H18ClFN2O3S. The molecule has 0 saturated carbocycles. The maximum atomic E-state index is 13.3. The third-order valence-electron chi connectivity index (χ3n) is 4.33. The van der Waals surface area contributed by atoms with Crippen LogP contribution in [-0.2, 0) is 10.0 Å². The first-order chi connectivity index (χ1) is 12.3. The van der Waals surface area contributed by atoms with Crippen LogP contribution in [0.25, 0.3) is 0 Å². The standard InChI is InChI=1S/C18H18ClFN2O3S/c1-12-5-4-6-14(18(23)22-9-2-3-10-22)17(12)21-26(24,25)13-7-8-16(20)15(19)11-13/h4-8,11,21H,2-3,9-10H2,1H3. The van der Waals surface area contributed by atoms with Gasteiger partial charge in [-0.05, 0) is 49.6 Å². The molecule has 1 amide bonds. The quantitative estimate of drug-likeness (QED) is 0.854. The molecule has 0 radical (unpaired) electrons. The zero-order valence-corrected chi connectivity index (χ0v) is 15.7. The Bertz CT molecular complexity index is 957. The Morgan fingerprint density at radius 3 is 2.54 bits per heavy atom. The average Bonchev–Trinajstić information content (AvgIpc) is 3.13. The number of nitrogens with one attached hydrogen (secondary N) is 1. The first kappa shape index (κ1) is 18.7. The highest BCUT2D eigenvalue weighted by Gasteiger charge is 2.25. The van der Waals surface area contributed by atoms with Crippen LogP contribution in [0, 0.1) is 12.7 Å². The molecule has 0 unspecified atom stereocenters. The van der Waals surface area contributed by atoms with Gasteiger partial charge in [0, 0.05) is 13.1 Å². The molecule has 0 aliphatic carbocycles. The number of carbonyl (C=O) groups excluding carboxylic acids is 1. The molecule has 138 valence electrons. The van der Waals surface area contributed by atoms with E-state index < -0.39 is 15.8 Å².